The van der Waals surface area contributed by atoms with Crippen molar-refractivity contribution in [3.8, 4) is 0 Å². The molecule has 5 heteroatoms. The highest BCUT2D eigenvalue weighted by Crippen LogP contribution is 2.22. The van der Waals surface area contributed by atoms with Crippen LogP contribution in [0, 0.1) is 5.82 Å². The van der Waals surface area contributed by atoms with E-state index in [0.29, 0.717) is 0 Å². The molecule has 1 aromatic rings. The maximum Gasteiger partial charge on any atom is 0.254 e. The van der Waals surface area contributed by atoms with Gasteiger partial charge in [-0.05, 0) is 12.1 Å². The molecule has 1 aliphatic heterocycles. The highest BCUT2D eigenvalue weighted by molar-refractivity contribution is 6.30. The quantitative estimate of drug-likeness (QED) is 0.601. The molecule has 0 radical (unpaired) electrons. The zero-order valence-corrected chi connectivity index (χ0v) is 8.84. The van der Waals surface area contributed by atoms with Crippen LogP contribution in [0.1, 0.15) is 12.0 Å². The maximum atomic E-state index is 13.5. The largest absolute Gasteiger partial charge is 0.292 e. The Morgan fingerprint density at radius 1 is 1.38 bits per heavy atom. The number of carbonyl (C=O) groups is 2. The lowest BCUT2D eigenvalue weighted by atomic mass is 10.1. The topological polar surface area (TPSA) is 46.2 Å². The smallest absolute Gasteiger partial charge is 0.254 e. The Kier molecular flexibility index (Phi) is 2.75. The molecule has 0 bridgehead atoms. The van der Waals surface area contributed by atoms with Crippen molar-refractivity contribution in [3.63, 3.8) is 0 Å². The fourth-order valence-electron chi connectivity index (χ4n) is 1.44. The summed E-state index contributed by atoms with van der Waals surface area (Å²) in [6, 6.07) is 4.48. The van der Waals surface area contributed by atoms with Crippen LogP contribution >= 0.6 is 11.6 Å². The van der Waals surface area contributed by atoms with Crippen LogP contribution in [0.25, 0.3) is 6.08 Å². The van der Waals surface area contributed by atoms with Crippen LogP contribution in [0.15, 0.2) is 23.8 Å². The molecular formula is C11H7ClFNO2. The van der Waals surface area contributed by atoms with E-state index in [2.05, 4.69) is 5.32 Å². The molecule has 82 valence electrons. The Morgan fingerprint density at radius 2 is 2.12 bits per heavy atom. The predicted octanol–water partition coefficient (Wildman–Crippen LogP) is 1.91. The van der Waals surface area contributed by atoms with Gasteiger partial charge in [0.05, 0.1) is 11.4 Å². The van der Waals surface area contributed by atoms with E-state index in [-0.39, 0.29) is 28.5 Å². The standard InChI is InChI=1S/C11H7ClFNO2/c12-8-3-1-2-6(10(8)13)4-7-5-9(15)14-11(7)16/h1-4H,5H2,(H,14,15,16)/b7-4-. The van der Waals surface area contributed by atoms with Gasteiger partial charge in [0.2, 0.25) is 5.91 Å². The molecule has 0 unspecified atom stereocenters. The molecule has 0 spiro atoms. The average Bonchev–Trinajstić information content (AvgIpc) is 2.53. The van der Waals surface area contributed by atoms with Crippen molar-refractivity contribution in [2.75, 3.05) is 0 Å². The minimum Gasteiger partial charge on any atom is -0.292 e. The van der Waals surface area contributed by atoms with Crippen molar-refractivity contribution in [2.45, 2.75) is 6.42 Å². The first-order valence-electron chi connectivity index (χ1n) is 4.56. The summed E-state index contributed by atoms with van der Waals surface area (Å²) >= 11 is 5.59. The Bertz CT molecular complexity index is 511. The lowest BCUT2D eigenvalue weighted by Crippen LogP contribution is -2.19. The Hall–Kier alpha value is -1.68. The van der Waals surface area contributed by atoms with Crippen LogP contribution in [0.4, 0.5) is 4.39 Å². The van der Waals surface area contributed by atoms with Gasteiger partial charge in [-0.25, -0.2) is 4.39 Å². The number of halogens is 2. The van der Waals surface area contributed by atoms with E-state index in [1.54, 1.807) is 6.07 Å². The summed E-state index contributed by atoms with van der Waals surface area (Å²) in [7, 11) is 0. The van der Waals surface area contributed by atoms with Crippen molar-refractivity contribution in [1.82, 2.24) is 5.32 Å². The lowest BCUT2D eigenvalue weighted by molar-refractivity contribution is -0.124. The second-order valence-corrected chi connectivity index (χ2v) is 3.77. The number of imide groups is 1. The molecule has 0 aliphatic carbocycles. The number of hydrogen-bond acceptors (Lipinski definition) is 2. The Morgan fingerprint density at radius 3 is 2.75 bits per heavy atom. The van der Waals surface area contributed by atoms with Gasteiger partial charge in [0, 0.05) is 11.1 Å². The van der Waals surface area contributed by atoms with Crippen molar-refractivity contribution >= 4 is 29.5 Å². The monoisotopic (exact) mass is 239 g/mol. The number of hydrogen-bond donors (Lipinski definition) is 1. The van der Waals surface area contributed by atoms with Gasteiger partial charge in [-0.3, -0.25) is 14.9 Å². The molecule has 1 saturated heterocycles. The van der Waals surface area contributed by atoms with Crippen molar-refractivity contribution in [1.29, 1.82) is 0 Å². The number of nitrogens with one attached hydrogen (secondary N) is 1. The third-order valence-corrected chi connectivity index (χ3v) is 2.50. The van der Waals surface area contributed by atoms with Crippen molar-refractivity contribution < 1.29 is 14.0 Å². The molecule has 0 aromatic heterocycles. The van der Waals surface area contributed by atoms with E-state index < -0.39 is 11.7 Å². The average molecular weight is 240 g/mol. The van der Waals surface area contributed by atoms with Crippen molar-refractivity contribution in [2.24, 2.45) is 0 Å². The van der Waals surface area contributed by atoms with Gasteiger partial charge in [-0.2, -0.15) is 0 Å². The molecule has 0 saturated carbocycles. The third kappa shape index (κ3) is 1.97. The highest BCUT2D eigenvalue weighted by atomic mass is 35.5. The maximum absolute atomic E-state index is 13.5. The summed E-state index contributed by atoms with van der Waals surface area (Å²) in [5.74, 6) is -1.45. The van der Waals surface area contributed by atoms with Gasteiger partial charge in [0.15, 0.2) is 0 Å². The van der Waals surface area contributed by atoms with Crippen LogP contribution in [0.5, 0.6) is 0 Å². The zero-order chi connectivity index (χ0) is 11.7. The third-order valence-electron chi connectivity index (χ3n) is 2.21. The summed E-state index contributed by atoms with van der Waals surface area (Å²) in [6.07, 6.45) is 1.31. The van der Waals surface area contributed by atoms with Gasteiger partial charge in [0.1, 0.15) is 5.82 Å². The molecule has 1 aliphatic rings. The van der Waals surface area contributed by atoms with Crippen LogP contribution in [-0.4, -0.2) is 11.8 Å². The van der Waals surface area contributed by atoms with E-state index in [0.717, 1.165) is 0 Å². The van der Waals surface area contributed by atoms with Crippen LogP contribution in [0.3, 0.4) is 0 Å². The second-order valence-electron chi connectivity index (χ2n) is 3.37. The molecular weight excluding hydrogens is 233 g/mol. The van der Waals surface area contributed by atoms with Crippen molar-refractivity contribution in [3.05, 3.63) is 40.2 Å². The normalized spacial score (nSPS) is 18.0. The summed E-state index contributed by atoms with van der Waals surface area (Å²) in [6.45, 7) is 0. The number of carbonyl (C=O) groups excluding carboxylic acids is 2. The van der Waals surface area contributed by atoms with Gasteiger partial charge in [-0.1, -0.05) is 23.7 Å². The van der Waals surface area contributed by atoms with Gasteiger partial charge >= 0.3 is 0 Å². The highest BCUT2D eigenvalue weighted by Gasteiger charge is 2.24. The van der Waals surface area contributed by atoms with Gasteiger partial charge in [0.25, 0.3) is 5.91 Å². The van der Waals surface area contributed by atoms with E-state index in [1.165, 1.54) is 18.2 Å². The molecule has 1 N–H and O–H groups in total. The molecule has 3 nitrogen and oxygen atoms in total. The molecule has 2 amide bonds. The molecule has 1 aromatic carbocycles. The Balaban J connectivity index is 2.40. The fourth-order valence-corrected chi connectivity index (χ4v) is 1.62. The van der Waals surface area contributed by atoms with Crippen LogP contribution < -0.4 is 5.32 Å². The van der Waals surface area contributed by atoms with Crippen LogP contribution in [0.2, 0.25) is 5.02 Å². The fraction of sp³-hybridized carbons (Fsp3) is 0.0909. The number of rotatable bonds is 1. The summed E-state index contributed by atoms with van der Waals surface area (Å²) in [5.41, 5.74) is 0.443. The van der Waals surface area contributed by atoms with Gasteiger partial charge < -0.3 is 0 Å². The van der Waals surface area contributed by atoms with E-state index in [4.69, 9.17) is 11.6 Å². The predicted molar refractivity (Wildman–Crippen MR) is 57.2 cm³/mol. The first-order valence-corrected chi connectivity index (χ1v) is 4.94. The number of amides is 2. The lowest BCUT2D eigenvalue weighted by Gasteiger charge is -1.99. The molecule has 2 rings (SSSR count). The first kappa shape index (κ1) is 10.8. The van der Waals surface area contributed by atoms with E-state index in [9.17, 15) is 14.0 Å². The molecule has 0 atom stereocenters. The SMILES string of the molecule is O=C1C/C(=C/c2cccc(Cl)c2F)C(=O)N1. The van der Waals surface area contributed by atoms with E-state index >= 15 is 0 Å². The summed E-state index contributed by atoms with van der Waals surface area (Å²) in [4.78, 5) is 22.1. The first-order chi connectivity index (χ1) is 7.58. The minimum absolute atomic E-state index is 0.0147. The summed E-state index contributed by atoms with van der Waals surface area (Å²) in [5, 5.41) is 2.10. The molecule has 1 fully saturated rings. The zero-order valence-electron chi connectivity index (χ0n) is 8.09. The second kappa shape index (κ2) is 4.06. The molecule has 1 heterocycles. The Labute approximate surface area is 95.9 Å². The molecule has 16 heavy (non-hydrogen) atoms. The van der Waals surface area contributed by atoms with E-state index in [1.807, 2.05) is 0 Å². The van der Waals surface area contributed by atoms with Crippen LogP contribution in [-0.2, 0) is 9.59 Å². The number of benzene rings is 1. The summed E-state index contributed by atoms with van der Waals surface area (Å²) < 4.78 is 13.5. The van der Waals surface area contributed by atoms with Gasteiger partial charge in [-0.15, -0.1) is 0 Å². The minimum atomic E-state index is -0.594.